The first-order chi connectivity index (χ1) is 12.8. The molecule has 1 aliphatic carbocycles. The van der Waals surface area contributed by atoms with E-state index in [2.05, 4.69) is 28.5 Å². The second kappa shape index (κ2) is 6.59. The van der Waals surface area contributed by atoms with Crippen LogP contribution in [0.3, 0.4) is 0 Å². The molecule has 3 heterocycles. The average Bonchev–Trinajstić information content (AvgIpc) is 3.21. The third-order valence-electron chi connectivity index (χ3n) is 5.75. The molecule has 1 saturated heterocycles. The molecule has 3 aliphatic rings. The lowest BCUT2D eigenvalue weighted by Gasteiger charge is -2.29. The molecule has 2 aromatic rings. The molecule has 6 heteroatoms. The van der Waals surface area contributed by atoms with E-state index >= 15 is 0 Å². The van der Waals surface area contributed by atoms with Crippen molar-refractivity contribution in [2.24, 2.45) is 4.99 Å². The van der Waals surface area contributed by atoms with E-state index in [4.69, 9.17) is 9.47 Å². The Bertz CT molecular complexity index is 848. The highest BCUT2D eigenvalue weighted by molar-refractivity contribution is 6.14. The summed E-state index contributed by atoms with van der Waals surface area (Å²) in [6.07, 6.45) is 5.07. The van der Waals surface area contributed by atoms with Gasteiger partial charge in [-0.3, -0.25) is 4.99 Å². The van der Waals surface area contributed by atoms with Gasteiger partial charge >= 0.3 is 0 Å². The summed E-state index contributed by atoms with van der Waals surface area (Å²) in [6.45, 7) is 3.03. The Morgan fingerprint density at radius 1 is 1.15 bits per heavy atom. The number of anilines is 1. The molecule has 1 aromatic carbocycles. The molecule has 0 spiro atoms. The van der Waals surface area contributed by atoms with Crippen molar-refractivity contribution in [1.29, 1.82) is 0 Å². The van der Waals surface area contributed by atoms with Crippen LogP contribution in [0.5, 0.6) is 5.88 Å². The topological polar surface area (TPSA) is 68.0 Å². The molecule has 6 nitrogen and oxygen atoms in total. The predicted molar refractivity (Wildman–Crippen MR) is 102 cm³/mol. The van der Waals surface area contributed by atoms with E-state index in [0.29, 0.717) is 39.0 Å². The summed E-state index contributed by atoms with van der Waals surface area (Å²) >= 11 is 0. The second-order valence-electron chi connectivity index (χ2n) is 7.50. The van der Waals surface area contributed by atoms with Gasteiger partial charge in [0.05, 0.1) is 55.8 Å². The predicted octanol–water partition coefficient (Wildman–Crippen LogP) is 3.09. The number of nitrogens with zero attached hydrogens (tertiary/aromatic N) is 2. The van der Waals surface area contributed by atoms with Crippen LogP contribution in [0.15, 0.2) is 23.2 Å². The van der Waals surface area contributed by atoms with Gasteiger partial charge in [-0.1, -0.05) is 12.8 Å². The van der Waals surface area contributed by atoms with Gasteiger partial charge in [0.2, 0.25) is 5.88 Å². The van der Waals surface area contributed by atoms with Gasteiger partial charge in [-0.2, -0.15) is 0 Å². The normalized spacial score (nSPS) is 21.8. The molecule has 2 N–H and O–H groups in total. The first-order valence-corrected chi connectivity index (χ1v) is 9.64. The minimum Gasteiger partial charge on any atom is -0.494 e. The van der Waals surface area contributed by atoms with Crippen LogP contribution < -0.4 is 5.32 Å². The van der Waals surface area contributed by atoms with Crippen molar-refractivity contribution < 1.29 is 14.6 Å². The Labute approximate surface area is 152 Å². The molecule has 0 radical (unpaired) electrons. The van der Waals surface area contributed by atoms with Crippen LogP contribution in [0.4, 0.5) is 5.69 Å². The molecule has 0 unspecified atom stereocenters. The van der Waals surface area contributed by atoms with Crippen molar-refractivity contribution in [1.82, 2.24) is 4.57 Å². The van der Waals surface area contributed by atoms with Crippen LogP contribution in [0.2, 0.25) is 0 Å². The number of rotatable bonds is 4. The zero-order chi connectivity index (χ0) is 17.5. The summed E-state index contributed by atoms with van der Waals surface area (Å²) < 4.78 is 13.0. The molecule has 1 saturated carbocycles. The van der Waals surface area contributed by atoms with E-state index in [9.17, 15) is 5.11 Å². The smallest absolute Gasteiger partial charge is 0.201 e. The fourth-order valence-electron chi connectivity index (χ4n) is 4.33. The van der Waals surface area contributed by atoms with Crippen molar-refractivity contribution in [2.75, 3.05) is 38.3 Å². The number of hydrogen-bond acceptors (Lipinski definition) is 5. The van der Waals surface area contributed by atoms with Gasteiger partial charge in [0.25, 0.3) is 0 Å². The van der Waals surface area contributed by atoms with Gasteiger partial charge in [-0.05, 0) is 31.0 Å². The largest absolute Gasteiger partial charge is 0.494 e. The summed E-state index contributed by atoms with van der Waals surface area (Å²) in [5.41, 5.74) is 3.82. The van der Waals surface area contributed by atoms with E-state index < -0.39 is 0 Å². The zero-order valence-corrected chi connectivity index (χ0v) is 14.9. The summed E-state index contributed by atoms with van der Waals surface area (Å²) in [6, 6.07) is 7.14. The van der Waals surface area contributed by atoms with Crippen molar-refractivity contribution in [3.8, 4) is 5.88 Å². The van der Waals surface area contributed by atoms with Crippen molar-refractivity contribution >= 4 is 22.3 Å². The van der Waals surface area contributed by atoms with Crippen LogP contribution in [-0.2, 0) is 9.47 Å². The Balaban J connectivity index is 1.61. The maximum atomic E-state index is 11.0. The Morgan fingerprint density at radius 2 is 2.00 bits per heavy atom. The summed E-state index contributed by atoms with van der Waals surface area (Å²) in [5, 5.41) is 15.7. The molecule has 138 valence electrons. The fraction of sp³-hybridized carbons (Fsp3) is 0.550. The molecule has 0 bridgehead atoms. The van der Waals surface area contributed by atoms with Crippen molar-refractivity contribution in [3.05, 3.63) is 23.8 Å². The van der Waals surface area contributed by atoms with Gasteiger partial charge in [0.1, 0.15) is 0 Å². The monoisotopic (exact) mass is 355 g/mol. The highest BCUT2D eigenvalue weighted by Gasteiger charge is 2.30. The number of aliphatic imine (C=N–C) groups is 1. The van der Waals surface area contributed by atoms with Crippen molar-refractivity contribution in [2.45, 2.75) is 37.8 Å². The Kier molecular flexibility index (Phi) is 4.10. The number of hydrogen-bond donors (Lipinski definition) is 2. The second-order valence-corrected chi connectivity index (χ2v) is 7.50. The number of aromatic hydroxyl groups is 1. The third-order valence-corrected chi connectivity index (χ3v) is 5.75. The minimum absolute atomic E-state index is 0.185. The van der Waals surface area contributed by atoms with Gasteiger partial charge in [0.15, 0.2) is 0 Å². The first kappa shape index (κ1) is 16.1. The number of ether oxygens (including phenoxy) is 2. The minimum atomic E-state index is 0.185. The van der Waals surface area contributed by atoms with E-state index in [-0.39, 0.29) is 11.9 Å². The number of nitrogens with one attached hydrogen (secondary N) is 1. The van der Waals surface area contributed by atoms with Crippen LogP contribution >= 0.6 is 0 Å². The molecular formula is C20H25N3O3. The lowest BCUT2D eigenvalue weighted by molar-refractivity contribution is -0.0238. The van der Waals surface area contributed by atoms with E-state index in [0.717, 1.165) is 27.9 Å². The van der Waals surface area contributed by atoms with Crippen LogP contribution in [0, 0.1) is 0 Å². The summed E-state index contributed by atoms with van der Waals surface area (Å²) in [7, 11) is 0. The first-order valence-electron chi connectivity index (χ1n) is 9.64. The van der Waals surface area contributed by atoms with Crippen LogP contribution in [0.1, 0.15) is 37.3 Å². The van der Waals surface area contributed by atoms with Crippen molar-refractivity contribution in [3.63, 3.8) is 0 Å². The Morgan fingerprint density at radius 3 is 2.69 bits per heavy atom. The highest BCUT2D eigenvalue weighted by atomic mass is 16.5. The number of aromatic nitrogens is 1. The van der Waals surface area contributed by atoms with Crippen LogP contribution in [0.25, 0.3) is 10.9 Å². The van der Waals surface area contributed by atoms with Crippen LogP contribution in [-0.4, -0.2) is 54.4 Å². The summed E-state index contributed by atoms with van der Waals surface area (Å²) in [4.78, 5) is 4.63. The summed E-state index contributed by atoms with van der Waals surface area (Å²) in [5.74, 6) is 0.288. The standard InChI is InChI=1S/C20H25N3O3/c24-20-19(17-12-25-8-7-21-17)16-9-14(22-13-3-1-2-4-13)5-6-18(16)23(20)15-10-26-11-15/h5-6,9,13,15,22,24H,1-4,7-8,10-12H2. The third kappa shape index (κ3) is 2.68. The highest BCUT2D eigenvalue weighted by Crippen LogP contribution is 2.39. The molecule has 26 heavy (non-hydrogen) atoms. The quantitative estimate of drug-likeness (QED) is 0.884. The van der Waals surface area contributed by atoms with Gasteiger partial charge in [0, 0.05) is 17.1 Å². The van der Waals surface area contributed by atoms with E-state index in [1.807, 2.05) is 4.57 Å². The SMILES string of the molecule is Oc1c(C2=NCCOC2)c2cc(NC3CCCC3)ccc2n1C1COC1. The van der Waals surface area contributed by atoms with E-state index in [1.54, 1.807) is 0 Å². The molecule has 0 amide bonds. The average molecular weight is 355 g/mol. The maximum Gasteiger partial charge on any atom is 0.201 e. The molecule has 2 fully saturated rings. The molecule has 5 rings (SSSR count). The Hall–Kier alpha value is -2.05. The van der Waals surface area contributed by atoms with Gasteiger partial charge < -0.3 is 24.5 Å². The number of fused-ring (bicyclic) bond motifs is 1. The number of benzene rings is 1. The van der Waals surface area contributed by atoms with E-state index in [1.165, 1.54) is 25.7 Å². The lowest BCUT2D eigenvalue weighted by Crippen LogP contribution is -2.30. The van der Waals surface area contributed by atoms with Gasteiger partial charge in [-0.15, -0.1) is 0 Å². The fourth-order valence-corrected chi connectivity index (χ4v) is 4.33. The molecular weight excluding hydrogens is 330 g/mol. The zero-order valence-electron chi connectivity index (χ0n) is 14.9. The van der Waals surface area contributed by atoms with Gasteiger partial charge in [-0.25, -0.2) is 0 Å². The lowest BCUT2D eigenvalue weighted by atomic mass is 10.1. The molecule has 0 atom stereocenters. The molecule has 1 aromatic heterocycles. The maximum absolute atomic E-state index is 11.0. The molecule has 2 aliphatic heterocycles.